The van der Waals surface area contributed by atoms with Crippen molar-refractivity contribution >= 4 is 28.5 Å². The third kappa shape index (κ3) is 3.53. The molecule has 0 fully saturated rings. The number of fused-ring (bicyclic) bond motifs is 1. The van der Waals surface area contributed by atoms with E-state index < -0.39 is 17.3 Å². The van der Waals surface area contributed by atoms with Crippen molar-refractivity contribution in [1.82, 2.24) is 14.9 Å². The number of hydrogen-bond donors (Lipinski definition) is 1. The number of rotatable bonds is 5. The minimum Gasteiger partial charge on any atom is -0.351 e. The molecule has 0 unspecified atom stereocenters. The van der Waals surface area contributed by atoms with Gasteiger partial charge in [0.05, 0.1) is 6.54 Å². The van der Waals surface area contributed by atoms with E-state index >= 15 is 0 Å². The van der Waals surface area contributed by atoms with E-state index in [1.54, 1.807) is 36.5 Å². The van der Waals surface area contributed by atoms with Crippen LogP contribution < -0.4 is 10.9 Å². The fourth-order valence-electron chi connectivity index (χ4n) is 2.57. The lowest BCUT2D eigenvalue weighted by Gasteiger charge is -2.12. The van der Waals surface area contributed by atoms with Gasteiger partial charge < -0.3 is 5.32 Å². The predicted molar refractivity (Wildman–Crippen MR) is 94.6 cm³/mol. The lowest BCUT2D eigenvalue weighted by atomic mass is 10.1. The first-order valence-corrected chi connectivity index (χ1v) is 8.21. The predicted octanol–water partition coefficient (Wildman–Crippen LogP) is 2.55. The molecule has 0 aliphatic carbocycles. The largest absolute Gasteiger partial charge is 0.351 e. The van der Waals surface area contributed by atoms with E-state index in [1.807, 2.05) is 0 Å². The summed E-state index contributed by atoms with van der Waals surface area (Å²) in [6.07, 6.45) is 1.55. The normalized spacial score (nSPS) is 10.8. The summed E-state index contributed by atoms with van der Waals surface area (Å²) in [5, 5.41) is 3.20. The monoisotopic (exact) mass is 359 g/mol. The van der Waals surface area contributed by atoms with Gasteiger partial charge in [-0.3, -0.25) is 14.2 Å². The lowest BCUT2D eigenvalue weighted by Crippen LogP contribution is -2.34. The number of aromatic nitrogens is 2. The first kappa shape index (κ1) is 17.1. The Bertz CT molecular complexity index is 987. The third-order valence-corrected chi connectivity index (χ3v) is 3.95. The molecule has 0 bridgehead atoms. The average molecular weight is 360 g/mol. The second-order valence-corrected chi connectivity index (χ2v) is 5.78. The van der Waals surface area contributed by atoms with E-state index in [-0.39, 0.29) is 24.5 Å². The molecule has 7 heteroatoms. The van der Waals surface area contributed by atoms with Gasteiger partial charge in [0.15, 0.2) is 0 Å². The van der Waals surface area contributed by atoms with Crippen LogP contribution in [0.15, 0.2) is 53.5 Å². The Morgan fingerprint density at radius 2 is 2.04 bits per heavy atom. The van der Waals surface area contributed by atoms with Crippen molar-refractivity contribution in [3.8, 4) is 0 Å². The van der Waals surface area contributed by atoms with Crippen LogP contribution in [-0.2, 0) is 6.54 Å². The molecule has 1 N–H and O–H groups in total. The first-order chi connectivity index (χ1) is 12.1. The number of carbonyl (C=O) groups excluding carboxylic acids is 1. The molecule has 0 radical (unpaired) electrons. The number of pyridine rings is 2. The third-order valence-electron chi connectivity index (χ3n) is 3.76. The van der Waals surface area contributed by atoms with Crippen molar-refractivity contribution in [3.63, 3.8) is 0 Å². The van der Waals surface area contributed by atoms with E-state index in [9.17, 15) is 14.0 Å². The Balaban J connectivity index is 2.15. The summed E-state index contributed by atoms with van der Waals surface area (Å²) in [5.41, 5.74) is 0.183. The molecule has 128 valence electrons. The highest BCUT2D eigenvalue weighted by Crippen LogP contribution is 2.14. The van der Waals surface area contributed by atoms with E-state index in [4.69, 9.17) is 11.6 Å². The van der Waals surface area contributed by atoms with Gasteiger partial charge in [-0.15, -0.1) is 11.6 Å². The Kier molecular flexibility index (Phi) is 5.09. The molecular formula is C18H15ClFN3O2. The van der Waals surface area contributed by atoms with Gasteiger partial charge in [0.25, 0.3) is 11.5 Å². The molecular weight excluding hydrogens is 345 g/mol. The van der Waals surface area contributed by atoms with Crippen molar-refractivity contribution in [2.45, 2.75) is 6.54 Å². The van der Waals surface area contributed by atoms with Crippen LogP contribution in [0.2, 0.25) is 0 Å². The van der Waals surface area contributed by atoms with Gasteiger partial charge >= 0.3 is 0 Å². The van der Waals surface area contributed by atoms with Crippen LogP contribution in [0.1, 0.15) is 15.9 Å². The van der Waals surface area contributed by atoms with Crippen molar-refractivity contribution in [2.24, 2.45) is 0 Å². The zero-order valence-electron chi connectivity index (χ0n) is 13.2. The van der Waals surface area contributed by atoms with Crippen LogP contribution in [0.5, 0.6) is 0 Å². The summed E-state index contributed by atoms with van der Waals surface area (Å²) >= 11 is 5.57. The second-order valence-electron chi connectivity index (χ2n) is 5.40. The maximum absolute atomic E-state index is 14.0. The Labute approximate surface area is 148 Å². The van der Waals surface area contributed by atoms with Crippen LogP contribution in [0.3, 0.4) is 0 Å². The number of hydrogen-bond acceptors (Lipinski definition) is 3. The number of amides is 1. The number of halogens is 2. The molecule has 1 aromatic carbocycles. The minimum absolute atomic E-state index is 0.0182. The maximum Gasteiger partial charge on any atom is 0.265 e. The number of nitrogens with one attached hydrogen (secondary N) is 1. The summed E-state index contributed by atoms with van der Waals surface area (Å²) in [6, 6.07) is 11.1. The van der Waals surface area contributed by atoms with Gasteiger partial charge in [-0.05, 0) is 24.3 Å². The molecule has 5 nitrogen and oxygen atoms in total. The first-order valence-electron chi connectivity index (χ1n) is 7.68. The van der Waals surface area contributed by atoms with Crippen molar-refractivity contribution in [2.75, 3.05) is 12.4 Å². The molecule has 0 spiro atoms. The quantitative estimate of drug-likeness (QED) is 0.712. The van der Waals surface area contributed by atoms with Gasteiger partial charge in [0.2, 0.25) is 0 Å². The molecule has 3 aromatic rings. The standard InChI is InChI=1S/C18H15ClFN3O2/c19-7-9-22-17(24)14-10-12-5-3-8-21-16(12)23(18(14)25)11-13-4-1-2-6-15(13)20/h1-6,8,10H,7,9,11H2,(H,22,24). The van der Waals surface area contributed by atoms with Crippen LogP contribution in [0.4, 0.5) is 4.39 Å². The van der Waals surface area contributed by atoms with Crippen LogP contribution in [0.25, 0.3) is 11.0 Å². The summed E-state index contributed by atoms with van der Waals surface area (Å²) in [4.78, 5) is 29.3. The van der Waals surface area contributed by atoms with Crippen LogP contribution in [0, 0.1) is 5.82 Å². The minimum atomic E-state index is -0.526. The zero-order chi connectivity index (χ0) is 17.8. The summed E-state index contributed by atoms with van der Waals surface area (Å²) < 4.78 is 15.3. The summed E-state index contributed by atoms with van der Waals surface area (Å²) in [6.45, 7) is 0.230. The molecule has 0 saturated heterocycles. The molecule has 2 heterocycles. The van der Waals surface area contributed by atoms with Gasteiger partial charge in [-0.1, -0.05) is 18.2 Å². The number of alkyl halides is 1. The molecule has 1 amide bonds. The van der Waals surface area contributed by atoms with E-state index in [1.165, 1.54) is 16.7 Å². The van der Waals surface area contributed by atoms with E-state index in [0.717, 1.165) is 0 Å². The Hall–Kier alpha value is -2.73. The van der Waals surface area contributed by atoms with Gasteiger partial charge in [-0.2, -0.15) is 0 Å². The van der Waals surface area contributed by atoms with Crippen LogP contribution >= 0.6 is 11.6 Å². The van der Waals surface area contributed by atoms with Gasteiger partial charge in [0.1, 0.15) is 17.0 Å². The molecule has 0 aliphatic heterocycles. The highest BCUT2D eigenvalue weighted by molar-refractivity contribution is 6.18. The molecule has 0 saturated carbocycles. The molecule has 25 heavy (non-hydrogen) atoms. The highest BCUT2D eigenvalue weighted by atomic mass is 35.5. The summed E-state index contributed by atoms with van der Waals surface area (Å²) in [5.74, 6) is -0.696. The van der Waals surface area contributed by atoms with Crippen molar-refractivity contribution < 1.29 is 9.18 Å². The molecule has 2 aromatic heterocycles. The number of carbonyl (C=O) groups is 1. The van der Waals surface area contributed by atoms with Crippen molar-refractivity contribution in [1.29, 1.82) is 0 Å². The zero-order valence-corrected chi connectivity index (χ0v) is 14.0. The second kappa shape index (κ2) is 7.44. The van der Waals surface area contributed by atoms with Gasteiger partial charge in [-0.25, -0.2) is 9.37 Å². The van der Waals surface area contributed by atoms with Crippen LogP contribution in [-0.4, -0.2) is 27.9 Å². The van der Waals surface area contributed by atoms with E-state index in [2.05, 4.69) is 10.3 Å². The maximum atomic E-state index is 14.0. The SMILES string of the molecule is O=C(NCCCl)c1cc2cccnc2n(Cc2ccccc2F)c1=O. The van der Waals surface area contributed by atoms with Gasteiger partial charge in [0, 0.05) is 29.6 Å². The fourth-order valence-corrected chi connectivity index (χ4v) is 2.66. The average Bonchev–Trinajstić information content (AvgIpc) is 2.63. The molecule has 0 aliphatic rings. The smallest absolute Gasteiger partial charge is 0.265 e. The lowest BCUT2D eigenvalue weighted by molar-refractivity contribution is 0.0954. The number of nitrogens with zero attached hydrogens (tertiary/aromatic N) is 2. The van der Waals surface area contributed by atoms with Crippen molar-refractivity contribution in [3.05, 3.63) is 76.0 Å². The number of benzene rings is 1. The molecule has 3 rings (SSSR count). The highest BCUT2D eigenvalue weighted by Gasteiger charge is 2.17. The fraction of sp³-hybridized carbons (Fsp3) is 0.167. The molecule has 0 atom stereocenters. The van der Waals surface area contributed by atoms with E-state index in [0.29, 0.717) is 16.6 Å². The Morgan fingerprint density at radius 1 is 1.24 bits per heavy atom. The summed E-state index contributed by atoms with van der Waals surface area (Å²) in [7, 11) is 0. The Morgan fingerprint density at radius 3 is 2.80 bits per heavy atom. The topological polar surface area (TPSA) is 64.0 Å².